The van der Waals surface area contributed by atoms with Crippen molar-refractivity contribution < 1.29 is 13.9 Å². The van der Waals surface area contributed by atoms with Gasteiger partial charge in [0.2, 0.25) is 18.2 Å². The molecule has 0 unspecified atom stereocenters. The second kappa shape index (κ2) is 7.23. The van der Waals surface area contributed by atoms with Gasteiger partial charge in [0.1, 0.15) is 5.75 Å². The minimum atomic E-state index is -0.236. The summed E-state index contributed by atoms with van der Waals surface area (Å²) in [6.45, 7) is 0. The lowest BCUT2D eigenvalue weighted by atomic mass is 10.2. The standard InChI is InChI=1S/C18H15N3O3/c1-23-16-7-2-4-13(10-16)8-9-17(22)20-15-6-3-5-14(11-15)18-21-19-12-24-18/h2-12H,1H3,(H,20,22). The molecule has 0 saturated heterocycles. The zero-order valence-electron chi connectivity index (χ0n) is 13.0. The van der Waals surface area contributed by atoms with E-state index in [1.54, 1.807) is 31.4 Å². The molecule has 120 valence electrons. The van der Waals surface area contributed by atoms with Gasteiger partial charge in [0.05, 0.1) is 7.11 Å². The Morgan fingerprint density at radius 1 is 1.21 bits per heavy atom. The van der Waals surface area contributed by atoms with E-state index in [-0.39, 0.29) is 5.91 Å². The Morgan fingerprint density at radius 3 is 2.88 bits per heavy atom. The summed E-state index contributed by atoms with van der Waals surface area (Å²) in [6.07, 6.45) is 4.45. The highest BCUT2D eigenvalue weighted by atomic mass is 16.5. The topological polar surface area (TPSA) is 77.2 Å². The Hall–Kier alpha value is -3.41. The highest BCUT2D eigenvalue weighted by Gasteiger charge is 2.05. The van der Waals surface area contributed by atoms with Gasteiger partial charge >= 0.3 is 0 Å². The van der Waals surface area contributed by atoms with Crippen LogP contribution in [0.2, 0.25) is 0 Å². The van der Waals surface area contributed by atoms with Gasteiger partial charge in [0, 0.05) is 17.3 Å². The van der Waals surface area contributed by atoms with E-state index in [4.69, 9.17) is 9.15 Å². The van der Waals surface area contributed by atoms with E-state index in [0.717, 1.165) is 16.9 Å². The first-order valence-electron chi connectivity index (χ1n) is 7.24. The van der Waals surface area contributed by atoms with Crippen molar-refractivity contribution in [3.8, 4) is 17.2 Å². The average molecular weight is 321 g/mol. The summed E-state index contributed by atoms with van der Waals surface area (Å²) in [4.78, 5) is 12.1. The van der Waals surface area contributed by atoms with Gasteiger partial charge in [-0.15, -0.1) is 10.2 Å². The lowest BCUT2D eigenvalue weighted by Gasteiger charge is -2.04. The lowest BCUT2D eigenvalue weighted by Crippen LogP contribution is -2.07. The van der Waals surface area contributed by atoms with Gasteiger partial charge in [-0.3, -0.25) is 4.79 Å². The molecule has 1 amide bonds. The van der Waals surface area contributed by atoms with Crippen molar-refractivity contribution in [3.05, 3.63) is 66.6 Å². The van der Waals surface area contributed by atoms with Crippen LogP contribution < -0.4 is 10.1 Å². The summed E-state index contributed by atoms with van der Waals surface area (Å²) < 4.78 is 10.3. The Bertz CT molecular complexity index is 857. The maximum atomic E-state index is 12.1. The molecule has 1 aromatic heterocycles. The van der Waals surface area contributed by atoms with Gasteiger partial charge in [0.15, 0.2) is 0 Å². The Morgan fingerprint density at radius 2 is 2.08 bits per heavy atom. The number of nitrogens with one attached hydrogen (secondary N) is 1. The van der Waals surface area contributed by atoms with E-state index in [0.29, 0.717) is 11.6 Å². The molecule has 2 aromatic carbocycles. The Balaban J connectivity index is 1.68. The van der Waals surface area contributed by atoms with E-state index in [9.17, 15) is 4.79 Å². The first-order valence-corrected chi connectivity index (χ1v) is 7.24. The SMILES string of the molecule is COc1cccc(C=CC(=O)Nc2cccc(-c3nnco3)c2)c1. The molecule has 0 saturated carbocycles. The molecule has 0 aliphatic carbocycles. The summed E-state index contributed by atoms with van der Waals surface area (Å²) >= 11 is 0. The summed E-state index contributed by atoms with van der Waals surface area (Å²) in [7, 11) is 1.60. The zero-order chi connectivity index (χ0) is 16.8. The summed E-state index contributed by atoms with van der Waals surface area (Å²) in [5, 5.41) is 10.3. The molecular weight excluding hydrogens is 306 g/mol. The molecule has 0 atom stereocenters. The van der Waals surface area contributed by atoms with Crippen LogP contribution in [-0.4, -0.2) is 23.2 Å². The van der Waals surface area contributed by atoms with Gasteiger partial charge in [0.25, 0.3) is 0 Å². The fraction of sp³-hybridized carbons (Fsp3) is 0.0556. The molecular formula is C18H15N3O3. The van der Waals surface area contributed by atoms with Crippen LogP contribution in [0, 0.1) is 0 Å². The molecule has 24 heavy (non-hydrogen) atoms. The van der Waals surface area contributed by atoms with Gasteiger partial charge in [-0.2, -0.15) is 0 Å². The molecule has 6 nitrogen and oxygen atoms in total. The third-order valence-electron chi connectivity index (χ3n) is 3.26. The first kappa shape index (κ1) is 15.5. The maximum Gasteiger partial charge on any atom is 0.248 e. The van der Waals surface area contributed by atoms with Crippen molar-refractivity contribution >= 4 is 17.7 Å². The normalized spacial score (nSPS) is 10.7. The smallest absolute Gasteiger partial charge is 0.248 e. The molecule has 0 aliphatic rings. The number of aromatic nitrogens is 2. The number of methoxy groups -OCH3 is 1. The van der Waals surface area contributed by atoms with Gasteiger partial charge < -0.3 is 14.5 Å². The van der Waals surface area contributed by atoms with E-state index < -0.39 is 0 Å². The second-order valence-electron chi connectivity index (χ2n) is 4.92. The van der Waals surface area contributed by atoms with Gasteiger partial charge in [-0.05, 0) is 42.0 Å². The van der Waals surface area contributed by atoms with E-state index >= 15 is 0 Å². The lowest BCUT2D eigenvalue weighted by molar-refractivity contribution is -0.111. The Labute approximate surface area is 138 Å². The van der Waals surface area contributed by atoms with Crippen molar-refractivity contribution in [2.24, 2.45) is 0 Å². The summed E-state index contributed by atoms with van der Waals surface area (Å²) in [6, 6.07) is 14.6. The molecule has 3 aromatic rings. The molecule has 0 spiro atoms. The maximum absolute atomic E-state index is 12.1. The fourth-order valence-electron chi connectivity index (χ4n) is 2.13. The van der Waals surface area contributed by atoms with Crippen LogP contribution in [0.25, 0.3) is 17.5 Å². The van der Waals surface area contributed by atoms with Crippen LogP contribution in [0.15, 0.2) is 65.4 Å². The Kier molecular flexibility index (Phi) is 4.67. The summed E-state index contributed by atoms with van der Waals surface area (Å²) in [5.41, 5.74) is 2.26. The minimum absolute atomic E-state index is 0.236. The quantitative estimate of drug-likeness (QED) is 0.729. The number of nitrogens with zero attached hydrogens (tertiary/aromatic N) is 2. The predicted octanol–water partition coefficient (Wildman–Crippen LogP) is 3.40. The molecule has 0 aliphatic heterocycles. The van der Waals surface area contributed by atoms with Crippen molar-refractivity contribution in [2.45, 2.75) is 0 Å². The highest BCUT2D eigenvalue weighted by Crippen LogP contribution is 2.20. The molecule has 3 rings (SSSR count). The van der Waals surface area contributed by atoms with E-state index in [1.807, 2.05) is 30.3 Å². The molecule has 1 N–H and O–H groups in total. The fourth-order valence-corrected chi connectivity index (χ4v) is 2.13. The molecule has 6 heteroatoms. The number of amides is 1. The number of anilines is 1. The highest BCUT2D eigenvalue weighted by molar-refractivity contribution is 6.02. The summed E-state index contributed by atoms with van der Waals surface area (Å²) in [5.74, 6) is 0.906. The van der Waals surface area contributed by atoms with Crippen LogP contribution in [-0.2, 0) is 4.79 Å². The zero-order valence-corrected chi connectivity index (χ0v) is 13.0. The predicted molar refractivity (Wildman–Crippen MR) is 90.4 cm³/mol. The largest absolute Gasteiger partial charge is 0.497 e. The van der Waals surface area contributed by atoms with Crippen LogP contribution in [0.3, 0.4) is 0 Å². The molecule has 1 heterocycles. The van der Waals surface area contributed by atoms with E-state index in [2.05, 4.69) is 15.5 Å². The molecule has 0 fully saturated rings. The number of rotatable bonds is 5. The van der Waals surface area contributed by atoms with Crippen molar-refractivity contribution in [2.75, 3.05) is 12.4 Å². The first-order chi connectivity index (χ1) is 11.7. The van der Waals surface area contributed by atoms with Crippen LogP contribution in [0.1, 0.15) is 5.56 Å². The van der Waals surface area contributed by atoms with Gasteiger partial charge in [-0.25, -0.2) is 0 Å². The number of carbonyl (C=O) groups is 1. The number of hydrogen-bond donors (Lipinski definition) is 1. The number of benzene rings is 2. The van der Waals surface area contributed by atoms with Crippen LogP contribution in [0.5, 0.6) is 5.75 Å². The number of hydrogen-bond acceptors (Lipinski definition) is 5. The van der Waals surface area contributed by atoms with E-state index in [1.165, 1.54) is 12.5 Å². The third kappa shape index (κ3) is 3.86. The molecule has 0 bridgehead atoms. The average Bonchev–Trinajstić information content (AvgIpc) is 3.15. The second-order valence-corrected chi connectivity index (χ2v) is 4.92. The van der Waals surface area contributed by atoms with Crippen molar-refractivity contribution in [1.82, 2.24) is 10.2 Å². The minimum Gasteiger partial charge on any atom is -0.497 e. The number of ether oxygens (including phenoxy) is 1. The molecule has 0 radical (unpaired) electrons. The third-order valence-corrected chi connectivity index (χ3v) is 3.26. The van der Waals surface area contributed by atoms with Crippen molar-refractivity contribution in [1.29, 1.82) is 0 Å². The number of carbonyl (C=O) groups excluding carboxylic acids is 1. The van der Waals surface area contributed by atoms with Crippen molar-refractivity contribution in [3.63, 3.8) is 0 Å². The monoisotopic (exact) mass is 321 g/mol. The van der Waals surface area contributed by atoms with Gasteiger partial charge in [-0.1, -0.05) is 18.2 Å². The van der Waals surface area contributed by atoms with Crippen LogP contribution in [0.4, 0.5) is 5.69 Å². The van der Waals surface area contributed by atoms with Crippen LogP contribution >= 0.6 is 0 Å².